The zero-order valence-electron chi connectivity index (χ0n) is 16.4. The van der Waals surface area contributed by atoms with Gasteiger partial charge < -0.3 is 10.1 Å². The largest absolute Gasteiger partial charge is 0.462 e. The SMILES string of the molecule is CCCCCCCCOC(=O)C1=C(C)Nc2ncnn2C1c1cccc(Br)c1. The van der Waals surface area contributed by atoms with E-state index in [0.29, 0.717) is 18.1 Å². The number of carbonyl (C=O) groups is 1. The molecule has 0 saturated carbocycles. The Morgan fingerprint density at radius 1 is 1.25 bits per heavy atom. The summed E-state index contributed by atoms with van der Waals surface area (Å²) in [7, 11) is 0. The Hall–Kier alpha value is -2.15. The fraction of sp³-hybridized carbons (Fsp3) is 0.476. The molecule has 1 aliphatic heterocycles. The van der Waals surface area contributed by atoms with Crippen molar-refractivity contribution >= 4 is 27.8 Å². The molecule has 2 aromatic rings. The first-order valence-corrected chi connectivity index (χ1v) is 10.7. The van der Waals surface area contributed by atoms with Gasteiger partial charge in [0, 0.05) is 10.2 Å². The third kappa shape index (κ3) is 4.82. The van der Waals surface area contributed by atoms with Crippen LogP contribution in [-0.2, 0) is 9.53 Å². The van der Waals surface area contributed by atoms with Crippen molar-refractivity contribution in [1.29, 1.82) is 0 Å². The Kier molecular flexibility index (Phi) is 7.25. The lowest BCUT2D eigenvalue weighted by Crippen LogP contribution is -2.29. The monoisotopic (exact) mass is 446 g/mol. The zero-order valence-corrected chi connectivity index (χ0v) is 18.0. The molecule has 1 N–H and O–H groups in total. The number of esters is 1. The second kappa shape index (κ2) is 9.87. The lowest BCUT2D eigenvalue weighted by atomic mass is 9.96. The number of hydrogen-bond acceptors (Lipinski definition) is 5. The molecule has 0 radical (unpaired) electrons. The highest BCUT2D eigenvalue weighted by Gasteiger charge is 2.34. The van der Waals surface area contributed by atoms with Crippen LogP contribution in [0.15, 0.2) is 46.3 Å². The van der Waals surface area contributed by atoms with Crippen LogP contribution < -0.4 is 5.32 Å². The fourth-order valence-corrected chi connectivity index (χ4v) is 3.88. The second-order valence-corrected chi connectivity index (χ2v) is 7.97. The van der Waals surface area contributed by atoms with E-state index >= 15 is 0 Å². The van der Waals surface area contributed by atoms with Crippen molar-refractivity contribution in [3.63, 3.8) is 0 Å². The summed E-state index contributed by atoms with van der Waals surface area (Å²) < 4.78 is 8.30. The predicted octanol–water partition coefficient (Wildman–Crippen LogP) is 5.23. The number of nitrogens with zero attached hydrogens (tertiary/aromatic N) is 3. The number of unbranched alkanes of at least 4 members (excludes halogenated alkanes) is 5. The number of anilines is 1. The molecule has 1 aromatic carbocycles. The van der Waals surface area contributed by atoms with Crippen LogP contribution in [0.3, 0.4) is 0 Å². The first kappa shape index (κ1) is 20.6. The van der Waals surface area contributed by atoms with Crippen LogP contribution in [0, 0.1) is 0 Å². The van der Waals surface area contributed by atoms with E-state index in [1.807, 2.05) is 31.2 Å². The Morgan fingerprint density at radius 2 is 2.04 bits per heavy atom. The number of allylic oxidation sites excluding steroid dienone is 1. The summed E-state index contributed by atoms with van der Waals surface area (Å²) in [6.07, 6.45) is 8.42. The predicted molar refractivity (Wildman–Crippen MR) is 113 cm³/mol. The second-order valence-electron chi connectivity index (χ2n) is 7.05. The topological polar surface area (TPSA) is 69.0 Å². The van der Waals surface area contributed by atoms with Crippen molar-refractivity contribution < 1.29 is 9.53 Å². The maximum absolute atomic E-state index is 13.0. The number of rotatable bonds is 9. The molecule has 0 bridgehead atoms. The van der Waals surface area contributed by atoms with Gasteiger partial charge in [0.25, 0.3) is 0 Å². The number of fused-ring (bicyclic) bond motifs is 1. The van der Waals surface area contributed by atoms with Gasteiger partial charge in [0.05, 0.1) is 12.2 Å². The van der Waals surface area contributed by atoms with Gasteiger partial charge in [-0.1, -0.05) is 67.1 Å². The van der Waals surface area contributed by atoms with Crippen molar-refractivity contribution in [1.82, 2.24) is 14.8 Å². The molecule has 150 valence electrons. The molecule has 3 rings (SSSR count). The number of carbonyl (C=O) groups excluding carboxylic acids is 1. The standard InChI is InChI=1S/C21H27BrN4O2/c1-3-4-5-6-7-8-12-28-20(27)18-15(2)25-21-23-14-24-26(21)19(18)16-10-9-11-17(22)13-16/h9-11,13-14,19H,3-8,12H2,1-2H3,(H,23,24,25). The molecule has 1 aliphatic rings. The maximum atomic E-state index is 13.0. The molecule has 0 aliphatic carbocycles. The first-order valence-electron chi connectivity index (χ1n) is 9.91. The molecule has 1 unspecified atom stereocenters. The van der Waals surface area contributed by atoms with Gasteiger partial charge in [0.15, 0.2) is 0 Å². The number of benzene rings is 1. The molecular weight excluding hydrogens is 420 g/mol. The Balaban J connectivity index is 1.73. The highest BCUT2D eigenvalue weighted by Crippen LogP contribution is 2.35. The van der Waals surface area contributed by atoms with E-state index in [1.54, 1.807) is 4.68 Å². The molecular formula is C21H27BrN4O2. The van der Waals surface area contributed by atoms with Crippen molar-refractivity contribution in [3.8, 4) is 0 Å². The van der Waals surface area contributed by atoms with Crippen molar-refractivity contribution in [2.75, 3.05) is 11.9 Å². The van der Waals surface area contributed by atoms with Crippen LogP contribution in [0.2, 0.25) is 0 Å². The minimum absolute atomic E-state index is 0.301. The van der Waals surface area contributed by atoms with E-state index in [4.69, 9.17) is 4.74 Å². The van der Waals surface area contributed by atoms with Gasteiger partial charge in [0.1, 0.15) is 12.4 Å². The van der Waals surface area contributed by atoms with Crippen LogP contribution in [0.1, 0.15) is 64.0 Å². The van der Waals surface area contributed by atoms with Crippen LogP contribution in [0.5, 0.6) is 0 Å². The number of ether oxygens (including phenoxy) is 1. The molecule has 0 saturated heterocycles. The quantitative estimate of drug-likeness (QED) is 0.421. The number of hydrogen-bond donors (Lipinski definition) is 1. The summed E-state index contributed by atoms with van der Waals surface area (Å²) in [4.78, 5) is 17.2. The number of nitrogens with one attached hydrogen (secondary N) is 1. The summed E-state index contributed by atoms with van der Waals surface area (Å²) in [5.41, 5.74) is 2.27. The summed E-state index contributed by atoms with van der Waals surface area (Å²) in [5, 5.41) is 7.50. The lowest BCUT2D eigenvalue weighted by molar-refractivity contribution is -0.139. The van der Waals surface area contributed by atoms with Gasteiger partial charge in [-0.25, -0.2) is 9.48 Å². The Bertz CT molecular complexity index is 846. The van der Waals surface area contributed by atoms with Gasteiger partial charge in [-0.15, -0.1) is 0 Å². The van der Waals surface area contributed by atoms with Crippen LogP contribution in [0.4, 0.5) is 5.95 Å². The van der Waals surface area contributed by atoms with Gasteiger partial charge >= 0.3 is 5.97 Å². The van der Waals surface area contributed by atoms with E-state index in [1.165, 1.54) is 32.0 Å². The molecule has 2 heterocycles. The maximum Gasteiger partial charge on any atom is 0.338 e. The van der Waals surface area contributed by atoms with Crippen molar-refractivity contribution in [3.05, 3.63) is 51.9 Å². The van der Waals surface area contributed by atoms with E-state index < -0.39 is 0 Å². The summed E-state index contributed by atoms with van der Waals surface area (Å²) >= 11 is 3.52. The van der Waals surface area contributed by atoms with Gasteiger partial charge in [-0.3, -0.25) is 0 Å². The molecule has 0 amide bonds. The summed E-state index contributed by atoms with van der Waals surface area (Å²) in [6, 6.07) is 7.52. The Morgan fingerprint density at radius 3 is 2.82 bits per heavy atom. The molecule has 0 fully saturated rings. The molecule has 0 spiro atoms. The van der Waals surface area contributed by atoms with Crippen LogP contribution >= 0.6 is 15.9 Å². The molecule has 7 heteroatoms. The summed E-state index contributed by atoms with van der Waals surface area (Å²) in [6.45, 7) is 4.53. The van der Waals surface area contributed by atoms with E-state index in [-0.39, 0.29) is 12.0 Å². The Labute approximate surface area is 174 Å². The molecule has 1 aromatic heterocycles. The first-order chi connectivity index (χ1) is 13.6. The normalized spacial score (nSPS) is 15.9. The van der Waals surface area contributed by atoms with Crippen molar-refractivity contribution in [2.45, 2.75) is 58.4 Å². The van der Waals surface area contributed by atoms with Gasteiger partial charge in [0.2, 0.25) is 5.95 Å². The minimum Gasteiger partial charge on any atom is -0.462 e. The molecule has 6 nitrogen and oxygen atoms in total. The van der Waals surface area contributed by atoms with E-state index in [0.717, 1.165) is 28.6 Å². The highest BCUT2D eigenvalue weighted by atomic mass is 79.9. The third-order valence-corrected chi connectivity index (χ3v) is 5.40. The summed E-state index contributed by atoms with van der Waals surface area (Å²) in [5.74, 6) is 0.319. The van der Waals surface area contributed by atoms with Gasteiger partial charge in [-0.2, -0.15) is 10.1 Å². The van der Waals surface area contributed by atoms with Gasteiger partial charge in [-0.05, 0) is 31.0 Å². The lowest BCUT2D eigenvalue weighted by Gasteiger charge is -2.28. The highest BCUT2D eigenvalue weighted by molar-refractivity contribution is 9.10. The van der Waals surface area contributed by atoms with Crippen molar-refractivity contribution in [2.24, 2.45) is 0 Å². The number of aromatic nitrogens is 3. The molecule has 1 atom stereocenters. The third-order valence-electron chi connectivity index (χ3n) is 4.91. The smallest absolute Gasteiger partial charge is 0.338 e. The van der Waals surface area contributed by atoms with E-state index in [9.17, 15) is 4.79 Å². The minimum atomic E-state index is -0.367. The van der Waals surface area contributed by atoms with E-state index in [2.05, 4.69) is 38.3 Å². The van der Waals surface area contributed by atoms with Crippen LogP contribution in [0.25, 0.3) is 0 Å². The average Bonchev–Trinajstić information content (AvgIpc) is 3.14. The molecule has 28 heavy (non-hydrogen) atoms. The fourth-order valence-electron chi connectivity index (χ4n) is 3.47. The zero-order chi connectivity index (χ0) is 19.9. The number of halogens is 1. The average molecular weight is 447 g/mol. The van der Waals surface area contributed by atoms with Crippen LogP contribution in [-0.4, -0.2) is 27.3 Å².